The number of nitrogens with zero attached hydrogens (tertiary/aromatic N) is 2. The topological polar surface area (TPSA) is 37.9 Å². The highest BCUT2D eigenvalue weighted by atomic mass is 127. The second-order valence-corrected chi connectivity index (χ2v) is 7.64. The van der Waals surface area contributed by atoms with Crippen LogP contribution in [0.25, 0.3) is 11.0 Å². The van der Waals surface area contributed by atoms with Gasteiger partial charge in [-0.15, -0.1) is 0 Å². The van der Waals surface area contributed by atoms with E-state index in [9.17, 15) is 4.79 Å². The number of anilines is 1. The maximum absolute atomic E-state index is 12.8. The Balaban J connectivity index is 0.00000256. The number of halogens is 1. The van der Waals surface area contributed by atoms with E-state index in [2.05, 4.69) is 66.2 Å². The van der Waals surface area contributed by atoms with Gasteiger partial charge in [-0.1, -0.05) is 74.5 Å². The van der Waals surface area contributed by atoms with E-state index in [1.54, 1.807) is 0 Å². The van der Waals surface area contributed by atoms with Gasteiger partial charge >= 0.3 is 0 Å². The second-order valence-electron chi connectivity index (χ2n) is 7.64. The van der Waals surface area contributed by atoms with Crippen molar-refractivity contribution in [2.75, 3.05) is 5.32 Å². The number of hydrogen-bond acceptors (Lipinski definition) is 1. The van der Waals surface area contributed by atoms with Crippen molar-refractivity contribution in [3.05, 3.63) is 96.3 Å². The molecule has 154 valence electrons. The Morgan fingerprint density at radius 3 is 2.37 bits per heavy atom. The van der Waals surface area contributed by atoms with E-state index in [0.29, 0.717) is 5.92 Å². The molecule has 1 amide bonds. The van der Waals surface area contributed by atoms with Crippen molar-refractivity contribution in [2.24, 2.45) is 0 Å². The molecule has 0 saturated heterocycles. The van der Waals surface area contributed by atoms with Gasteiger partial charge in [-0.2, -0.15) is 0 Å². The van der Waals surface area contributed by atoms with Crippen LogP contribution in [-0.4, -0.2) is 10.5 Å². The van der Waals surface area contributed by atoms with Crippen molar-refractivity contribution < 1.29 is 33.3 Å². The standard InChI is InChI=1S/C25H25N3O.HI/c1-19(2)21-12-6-7-13-22(21)26-25(29)17-28-18-27(16-20-10-4-3-5-11-20)23-14-8-9-15-24(23)28;/h3-15,18-19H,16-17H2,1-2H3;1H. The minimum Gasteiger partial charge on any atom is -1.00 e. The Bertz CT molecular complexity index is 1140. The van der Waals surface area contributed by atoms with Crippen LogP contribution in [0.2, 0.25) is 0 Å². The fourth-order valence-electron chi connectivity index (χ4n) is 3.73. The summed E-state index contributed by atoms with van der Waals surface area (Å²) >= 11 is 0. The summed E-state index contributed by atoms with van der Waals surface area (Å²) in [5, 5.41) is 3.09. The molecule has 0 atom stereocenters. The molecule has 0 bridgehead atoms. The lowest BCUT2D eigenvalue weighted by molar-refractivity contribution is -0.663. The molecule has 0 spiro atoms. The van der Waals surface area contributed by atoms with Gasteiger partial charge in [0.2, 0.25) is 6.33 Å². The maximum atomic E-state index is 12.8. The Hall–Kier alpha value is -2.67. The van der Waals surface area contributed by atoms with Crippen LogP contribution in [0.1, 0.15) is 30.9 Å². The monoisotopic (exact) mass is 511 g/mol. The predicted octanol–water partition coefficient (Wildman–Crippen LogP) is 1.74. The highest BCUT2D eigenvalue weighted by Gasteiger charge is 2.18. The number of imidazole rings is 1. The van der Waals surface area contributed by atoms with Crippen LogP contribution in [0.5, 0.6) is 0 Å². The number of amides is 1. The average molecular weight is 511 g/mol. The zero-order valence-electron chi connectivity index (χ0n) is 17.3. The highest BCUT2D eigenvalue weighted by Crippen LogP contribution is 2.23. The third-order valence-electron chi connectivity index (χ3n) is 5.15. The normalized spacial score (nSPS) is 10.8. The number of aromatic nitrogens is 2. The van der Waals surface area contributed by atoms with Crippen LogP contribution in [-0.2, 0) is 17.9 Å². The molecule has 3 aromatic carbocycles. The van der Waals surface area contributed by atoms with Gasteiger partial charge in [-0.05, 0) is 35.2 Å². The molecule has 5 heteroatoms. The van der Waals surface area contributed by atoms with Crippen LogP contribution in [0.3, 0.4) is 0 Å². The van der Waals surface area contributed by atoms with Gasteiger partial charge in [0.15, 0.2) is 17.6 Å². The number of fused-ring (bicyclic) bond motifs is 1. The number of rotatable bonds is 6. The Kier molecular flexibility index (Phi) is 7.26. The van der Waals surface area contributed by atoms with Crippen molar-refractivity contribution in [2.45, 2.75) is 32.9 Å². The Morgan fingerprint density at radius 1 is 0.933 bits per heavy atom. The number of nitrogens with one attached hydrogen (secondary N) is 1. The van der Waals surface area contributed by atoms with Gasteiger partial charge in [0.05, 0.1) is 0 Å². The molecule has 0 radical (unpaired) electrons. The molecule has 4 rings (SSSR count). The van der Waals surface area contributed by atoms with E-state index in [-0.39, 0.29) is 36.4 Å². The van der Waals surface area contributed by atoms with Gasteiger partial charge in [0.25, 0.3) is 5.91 Å². The minimum atomic E-state index is -0.0225. The van der Waals surface area contributed by atoms with Gasteiger partial charge in [-0.3, -0.25) is 4.79 Å². The minimum absolute atomic E-state index is 0. The molecule has 0 saturated carbocycles. The molecule has 30 heavy (non-hydrogen) atoms. The van der Waals surface area contributed by atoms with E-state index >= 15 is 0 Å². The highest BCUT2D eigenvalue weighted by molar-refractivity contribution is 5.92. The van der Waals surface area contributed by atoms with Crippen molar-refractivity contribution in [3.63, 3.8) is 0 Å². The average Bonchev–Trinajstić information content (AvgIpc) is 3.06. The fourth-order valence-corrected chi connectivity index (χ4v) is 3.73. The van der Waals surface area contributed by atoms with Crippen LogP contribution >= 0.6 is 0 Å². The lowest BCUT2D eigenvalue weighted by Gasteiger charge is -2.13. The molecule has 0 fully saturated rings. The molecular weight excluding hydrogens is 485 g/mol. The molecule has 0 aliphatic rings. The van der Waals surface area contributed by atoms with Crippen molar-refractivity contribution in [1.29, 1.82) is 0 Å². The lowest BCUT2D eigenvalue weighted by Crippen LogP contribution is -3.00. The van der Waals surface area contributed by atoms with Crippen LogP contribution in [0, 0.1) is 0 Å². The van der Waals surface area contributed by atoms with E-state index in [0.717, 1.165) is 28.8 Å². The van der Waals surface area contributed by atoms with E-state index in [1.807, 2.05) is 47.3 Å². The van der Waals surface area contributed by atoms with Gasteiger partial charge in [-0.25, -0.2) is 9.13 Å². The smallest absolute Gasteiger partial charge is 0.266 e. The number of carbonyl (C=O) groups excluding carboxylic acids is 1. The third-order valence-corrected chi connectivity index (χ3v) is 5.15. The first-order valence-corrected chi connectivity index (χ1v) is 10.0. The largest absolute Gasteiger partial charge is 1.00 e. The van der Waals surface area contributed by atoms with Crippen molar-refractivity contribution >= 4 is 22.6 Å². The molecule has 4 aromatic rings. The molecule has 0 aliphatic carbocycles. The van der Waals surface area contributed by atoms with Crippen molar-refractivity contribution in [3.8, 4) is 0 Å². The summed E-state index contributed by atoms with van der Waals surface area (Å²) in [6.07, 6.45) is 2.03. The van der Waals surface area contributed by atoms with Crippen molar-refractivity contribution in [1.82, 2.24) is 4.57 Å². The third kappa shape index (κ3) is 4.90. The summed E-state index contributed by atoms with van der Waals surface area (Å²) in [7, 11) is 0. The fraction of sp³-hybridized carbons (Fsp3) is 0.200. The molecule has 0 unspecified atom stereocenters. The van der Waals surface area contributed by atoms with E-state index in [1.165, 1.54) is 5.56 Å². The Labute approximate surface area is 194 Å². The summed E-state index contributed by atoms with van der Waals surface area (Å²) in [6, 6.07) is 26.6. The van der Waals surface area contributed by atoms with Gasteiger partial charge in [0, 0.05) is 5.69 Å². The molecular formula is C25H26IN3O. The summed E-state index contributed by atoms with van der Waals surface area (Å²) in [5.74, 6) is 0.331. The van der Waals surface area contributed by atoms with E-state index in [4.69, 9.17) is 0 Å². The lowest BCUT2D eigenvalue weighted by atomic mass is 10.0. The number of hydrogen-bond donors (Lipinski definition) is 1. The molecule has 0 aliphatic heterocycles. The SMILES string of the molecule is CC(C)c1ccccc1NC(=O)Cn1c[n+](Cc2ccccc2)c2ccccc21.[I-]. The number of benzene rings is 3. The predicted molar refractivity (Wildman–Crippen MR) is 117 cm³/mol. The first-order valence-electron chi connectivity index (χ1n) is 10.0. The summed E-state index contributed by atoms with van der Waals surface area (Å²) in [5.41, 5.74) is 5.44. The number of carbonyl (C=O) groups is 1. The van der Waals surface area contributed by atoms with Crippen LogP contribution in [0.15, 0.2) is 85.2 Å². The summed E-state index contributed by atoms with van der Waals surface area (Å²) in [6.45, 7) is 5.31. The zero-order chi connectivity index (χ0) is 20.2. The quantitative estimate of drug-likeness (QED) is 0.311. The first-order chi connectivity index (χ1) is 14.1. The molecule has 4 nitrogen and oxygen atoms in total. The van der Waals surface area contributed by atoms with E-state index < -0.39 is 0 Å². The Morgan fingerprint density at radius 2 is 1.60 bits per heavy atom. The second kappa shape index (κ2) is 9.89. The summed E-state index contributed by atoms with van der Waals surface area (Å²) in [4.78, 5) is 12.8. The van der Waals surface area contributed by atoms with Gasteiger partial charge < -0.3 is 29.3 Å². The summed E-state index contributed by atoms with van der Waals surface area (Å²) < 4.78 is 4.21. The van der Waals surface area contributed by atoms with Crippen LogP contribution in [0.4, 0.5) is 5.69 Å². The molecule has 1 heterocycles. The zero-order valence-corrected chi connectivity index (χ0v) is 19.4. The van der Waals surface area contributed by atoms with Gasteiger partial charge in [0.1, 0.15) is 6.54 Å². The first kappa shape index (κ1) is 22.0. The maximum Gasteiger partial charge on any atom is 0.266 e. The molecule has 1 N–H and O–H groups in total. The van der Waals surface area contributed by atoms with Crippen LogP contribution < -0.4 is 33.9 Å². The number of para-hydroxylation sites is 3. The molecule has 1 aromatic heterocycles.